The van der Waals surface area contributed by atoms with E-state index in [1.807, 2.05) is 13.8 Å². The van der Waals surface area contributed by atoms with Crippen LogP contribution in [0.4, 0.5) is 0 Å². The van der Waals surface area contributed by atoms with Crippen molar-refractivity contribution in [3.63, 3.8) is 0 Å². The lowest BCUT2D eigenvalue weighted by Crippen LogP contribution is -2.21. The summed E-state index contributed by atoms with van der Waals surface area (Å²) in [4.78, 5) is 12.3. The maximum atomic E-state index is 12.3. The van der Waals surface area contributed by atoms with Gasteiger partial charge in [-0.25, -0.2) is 0 Å². The van der Waals surface area contributed by atoms with Gasteiger partial charge < -0.3 is 0 Å². The number of hydrogen-bond donors (Lipinski definition) is 1. The van der Waals surface area contributed by atoms with Crippen LogP contribution in [0.5, 0.6) is 0 Å². The summed E-state index contributed by atoms with van der Waals surface area (Å²) in [5, 5.41) is 3.30. The van der Waals surface area contributed by atoms with Crippen molar-refractivity contribution >= 4 is 0 Å². The Morgan fingerprint density at radius 2 is 1.88 bits per heavy atom. The number of H-pyrrole nitrogens is 1. The van der Waals surface area contributed by atoms with Crippen LogP contribution in [0.2, 0.25) is 0 Å². The normalized spacial score (nSPS) is 12.4. The van der Waals surface area contributed by atoms with Crippen LogP contribution in [0, 0.1) is 0 Å². The summed E-state index contributed by atoms with van der Waals surface area (Å²) in [5.74, 6) is 0. The predicted molar refractivity (Wildman–Crippen MR) is 72.7 cm³/mol. The van der Waals surface area contributed by atoms with Gasteiger partial charge in [0.25, 0.3) is 5.56 Å². The number of hydrogen-bond acceptors (Lipinski definition) is 1. The van der Waals surface area contributed by atoms with Gasteiger partial charge in [-0.3, -0.25) is 14.6 Å². The van der Waals surface area contributed by atoms with Crippen LogP contribution in [-0.2, 0) is 11.8 Å². The highest BCUT2D eigenvalue weighted by Gasteiger charge is 2.24. The molecule has 3 heteroatoms. The van der Waals surface area contributed by atoms with Gasteiger partial charge in [0.2, 0.25) is 0 Å². The van der Waals surface area contributed by atoms with Gasteiger partial charge in [0.15, 0.2) is 0 Å². The molecule has 3 nitrogen and oxygen atoms in total. The highest BCUT2D eigenvalue weighted by molar-refractivity contribution is 5.24. The van der Waals surface area contributed by atoms with Crippen molar-refractivity contribution in [3.8, 4) is 0 Å². The third-order valence-corrected chi connectivity index (χ3v) is 3.06. The first-order valence-electron chi connectivity index (χ1n) is 6.62. The molecule has 0 unspecified atom stereocenters. The Labute approximate surface area is 104 Å². The van der Waals surface area contributed by atoms with Gasteiger partial charge >= 0.3 is 0 Å². The summed E-state index contributed by atoms with van der Waals surface area (Å²) >= 11 is 0. The van der Waals surface area contributed by atoms with Gasteiger partial charge in [0.05, 0.1) is 0 Å². The number of aromatic nitrogens is 2. The molecule has 0 aliphatic rings. The average molecular weight is 238 g/mol. The summed E-state index contributed by atoms with van der Waals surface area (Å²) < 4.78 is 1.76. The van der Waals surface area contributed by atoms with Crippen molar-refractivity contribution in [2.24, 2.45) is 0 Å². The highest BCUT2D eigenvalue weighted by Crippen LogP contribution is 2.24. The smallest absolute Gasteiger partial charge is 0.270 e. The Bertz CT molecular complexity index is 418. The van der Waals surface area contributed by atoms with E-state index in [9.17, 15) is 4.79 Å². The number of rotatable bonds is 4. The fraction of sp³-hybridized carbons (Fsp3) is 0.786. The third-order valence-electron chi connectivity index (χ3n) is 3.06. The molecule has 1 aromatic heterocycles. The van der Waals surface area contributed by atoms with Crippen molar-refractivity contribution < 1.29 is 0 Å². The van der Waals surface area contributed by atoms with Crippen molar-refractivity contribution in [3.05, 3.63) is 21.6 Å². The second-order valence-corrected chi connectivity index (χ2v) is 6.09. The maximum absolute atomic E-state index is 12.3. The molecule has 0 amide bonds. The van der Waals surface area contributed by atoms with Crippen molar-refractivity contribution in [1.82, 2.24) is 9.78 Å². The first-order chi connectivity index (χ1) is 7.79. The molecule has 1 heterocycles. The molecule has 0 bridgehead atoms. The Morgan fingerprint density at radius 1 is 1.29 bits per heavy atom. The molecule has 0 aliphatic heterocycles. The Kier molecular flexibility index (Phi) is 4.23. The van der Waals surface area contributed by atoms with Gasteiger partial charge in [0.1, 0.15) is 0 Å². The molecule has 1 aromatic rings. The van der Waals surface area contributed by atoms with Gasteiger partial charge in [-0.05, 0) is 26.7 Å². The third kappa shape index (κ3) is 3.02. The summed E-state index contributed by atoms with van der Waals surface area (Å²) in [5.41, 5.74) is 2.25. The zero-order valence-electron chi connectivity index (χ0n) is 12.1. The second-order valence-electron chi connectivity index (χ2n) is 6.09. The summed E-state index contributed by atoms with van der Waals surface area (Å²) in [6.45, 7) is 12.7. The molecule has 0 fully saturated rings. The van der Waals surface area contributed by atoms with E-state index in [0.29, 0.717) is 0 Å². The van der Waals surface area contributed by atoms with Crippen LogP contribution in [0.25, 0.3) is 0 Å². The highest BCUT2D eigenvalue weighted by atomic mass is 16.1. The number of nitrogens with zero attached hydrogens (tertiary/aromatic N) is 1. The minimum Gasteiger partial charge on any atom is -0.299 e. The second kappa shape index (κ2) is 5.11. The van der Waals surface area contributed by atoms with E-state index in [2.05, 4.69) is 32.8 Å². The van der Waals surface area contributed by atoms with E-state index in [-0.39, 0.29) is 17.0 Å². The molecule has 1 rings (SSSR count). The zero-order chi connectivity index (χ0) is 13.2. The Hall–Kier alpha value is -0.990. The Balaban J connectivity index is 3.28. The molecule has 17 heavy (non-hydrogen) atoms. The average Bonchev–Trinajstić information content (AvgIpc) is 2.52. The zero-order valence-corrected chi connectivity index (χ0v) is 12.1. The molecule has 1 N–H and O–H groups in total. The van der Waals surface area contributed by atoms with Gasteiger partial charge in [0, 0.05) is 22.7 Å². The molecule has 98 valence electrons. The summed E-state index contributed by atoms with van der Waals surface area (Å²) in [6.07, 6.45) is 3.09. The maximum Gasteiger partial charge on any atom is 0.270 e. The van der Waals surface area contributed by atoms with E-state index in [1.54, 1.807) is 4.68 Å². The van der Waals surface area contributed by atoms with Crippen molar-refractivity contribution in [2.45, 2.75) is 72.3 Å². The van der Waals surface area contributed by atoms with Crippen LogP contribution >= 0.6 is 0 Å². The number of nitrogens with one attached hydrogen (secondary N) is 1. The van der Waals surface area contributed by atoms with E-state index in [0.717, 1.165) is 30.5 Å². The van der Waals surface area contributed by atoms with Crippen LogP contribution in [0.3, 0.4) is 0 Å². The van der Waals surface area contributed by atoms with E-state index < -0.39 is 0 Å². The Morgan fingerprint density at radius 3 is 2.29 bits per heavy atom. The van der Waals surface area contributed by atoms with E-state index >= 15 is 0 Å². The van der Waals surface area contributed by atoms with Crippen LogP contribution in [0.15, 0.2) is 4.79 Å². The fourth-order valence-electron chi connectivity index (χ4n) is 2.06. The largest absolute Gasteiger partial charge is 0.299 e. The standard InChI is InChI=1S/C14H26N2O/c1-7-8-9-11-12(14(4,5)6)15-16(10(2)3)13(11)17/h10,15H,7-9H2,1-6H3. The van der Waals surface area contributed by atoms with Gasteiger partial charge in [-0.2, -0.15) is 0 Å². The lowest BCUT2D eigenvalue weighted by Gasteiger charge is -2.18. The summed E-state index contributed by atoms with van der Waals surface area (Å²) in [7, 11) is 0. The minimum absolute atomic E-state index is 0.00236. The topological polar surface area (TPSA) is 37.8 Å². The quantitative estimate of drug-likeness (QED) is 0.857. The minimum atomic E-state index is 0.00236. The molecule has 0 aromatic carbocycles. The van der Waals surface area contributed by atoms with Crippen LogP contribution < -0.4 is 5.56 Å². The van der Waals surface area contributed by atoms with Gasteiger partial charge in [-0.15, -0.1) is 0 Å². The number of unbranched alkanes of at least 4 members (excludes halogenated alkanes) is 1. The van der Waals surface area contributed by atoms with Crippen molar-refractivity contribution in [2.75, 3.05) is 0 Å². The molecule has 0 radical (unpaired) electrons. The molecule has 0 atom stereocenters. The van der Waals surface area contributed by atoms with Crippen LogP contribution in [0.1, 0.15) is 71.7 Å². The van der Waals surface area contributed by atoms with Gasteiger partial charge in [-0.1, -0.05) is 34.1 Å². The summed E-state index contributed by atoms with van der Waals surface area (Å²) in [6, 6.07) is 0.193. The first kappa shape index (κ1) is 14.1. The molecular weight excluding hydrogens is 212 g/mol. The van der Waals surface area contributed by atoms with E-state index in [1.165, 1.54) is 0 Å². The molecule has 0 spiro atoms. The lowest BCUT2D eigenvalue weighted by atomic mass is 9.88. The lowest BCUT2D eigenvalue weighted by molar-refractivity contribution is 0.486. The molecular formula is C14H26N2O. The number of aromatic amines is 1. The fourth-order valence-corrected chi connectivity index (χ4v) is 2.06. The molecule has 0 aliphatic carbocycles. The monoisotopic (exact) mass is 238 g/mol. The molecule has 0 saturated heterocycles. The predicted octanol–water partition coefficient (Wildman–Crippen LogP) is 3.40. The SMILES string of the molecule is CCCCc1c(C(C)(C)C)[nH]n(C(C)C)c1=O. The van der Waals surface area contributed by atoms with Crippen molar-refractivity contribution in [1.29, 1.82) is 0 Å². The van der Waals surface area contributed by atoms with E-state index in [4.69, 9.17) is 0 Å². The van der Waals surface area contributed by atoms with Crippen LogP contribution in [-0.4, -0.2) is 9.78 Å². The molecule has 0 saturated carbocycles. The first-order valence-corrected chi connectivity index (χ1v) is 6.62.